The first kappa shape index (κ1) is 21.6. The van der Waals surface area contributed by atoms with Crippen molar-refractivity contribution in [3.8, 4) is 5.75 Å². The quantitative estimate of drug-likeness (QED) is 0.230. The van der Waals surface area contributed by atoms with Gasteiger partial charge in [-0.2, -0.15) is 5.10 Å². The van der Waals surface area contributed by atoms with Crippen LogP contribution >= 0.6 is 0 Å². The molecule has 0 saturated heterocycles. The monoisotopic (exact) mass is 363 g/mol. The lowest BCUT2D eigenvalue weighted by Gasteiger charge is -2.02. The van der Waals surface area contributed by atoms with Gasteiger partial charge in [0.1, 0.15) is 5.75 Å². The van der Waals surface area contributed by atoms with E-state index in [0.717, 1.165) is 19.3 Å². The molecule has 0 spiro atoms. The van der Waals surface area contributed by atoms with E-state index in [9.17, 15) is 20.0 Å². The highest BCUT2D eigenvalue weighted by Gasteiger charge is 2.08. The van der Waals surface area contributed by atoms with Crippen molar-refractivity contribution in [2.75, 3.05) is 0 Å². The van der Waals surface area contributed by atoms with Crippen LogP contribution in [-0.4, -0.2) is 22.2 Å². The second kappa shape index (κ2) is 12.9. The van der Waals surface area contributed by atoms with E-state index in [-0.39, 0.29) is 22.9 Å². The average molecular weight is 363 g/mol. The highest BCUT2D eigenvalue weighted by molar-refractivity contribution is 5.85. The molecule has 144 valence electrons. The van der Waals surface area contributed by atoms with E-state index in [1.165, 1.54) is 62.9 Å². The van der Waals surface area contributed by atoms with Crippen LogP contribution in [0.15, 0.2) is 23.3 Å². The van der Waals surface area contributed by atoms with Crippen molar-refractivity contribution in [3.05, 3.63) is 33.9 Å². The molecule has 0 saturated carbocycles. The molecular weight excluding hydrogens is 334 g/mol. The first-order chi connectivity index (χ1) is 12.5. The minimum absolute atomic E-state index is 0.132. The van der Waals surface area contributed by atoms with Crippen LogP contribution in [0.2, 0.25) is 0 Å². The number of nitrogens with one attached hydrogen (secondary N) is 1. The van der Waals surface area contributed by atoms with E-state index in [2.05, 4.69) is 17.5 Å². The van der Waals surface area contributed by atoms with Gasteiger partial charge in [0.05, 0.1) is 11.1 Å². The van der Waals surface area contributed by atoms with Crippen LogP contribution in [0.25, 0.3) is 0 Å². The maximum Gasteiger partial charge on any atom is 0.270 e. The third kappa shape index (κ3) is 9.15. The van der Waals surface area contributed by atoms with E-state index in [1.54, 1.807) is 0 Å². The summed E-state index contributed by atoms with van der Waals surface area (Å²) in [6.45, 7) is 2.21. The molecule has 0 fully saturated rings. The summed E-state index contributed by atoms with van der Waals surface area (Å²) in [6, 6.07) is 3.63. The Hall–Kier alpha value is -2.44. The van der Waals surface area contributed by atoms with Crippen LogP contribution < -0.4 is 5.43 Å². The number of phenolic OH excluding ortho intramolecular Hbond substituents is 1. The molecule has 0 aromatic heterocycles. The number of aromatic hydroxyl groups is 1. The van der Waals surface area contributed by atoms with E-state index >= 15 is 0 Å². The largest absolute Gasteiger partial charge is 0.507 e. The Balaban J connectivity index is 2.19. The number of nitrogens with zero attached hydrogens (tertiary/aromatic N) is 2. The molecule has 0 atom stereocenters. The summed E-state index contributed by atoms with van der Waals surface area (Å²) >= 11 is 0. The van der Waals surface area contributed by atoms with Crippen LogP contribution in [0, 0.1) is 10.1 Å². The predicted octanol–water partition coefficient (Wildman–Crippen LogP) is 4.67. The molecule has 7 heteroatoms. The number of rotatable bonds is 13. The number of unbranched alkanes of at least 4 members (excludes halogenated alkanes) is 8. The van der Waals surface area contributed by atoms with Crippen molar-refractivity contribution >= 4 is 17.8 Å². The van der Waals surface area contributed by atoms with Gasteiger partial charge in [0.25, 0.3) is 5.69 Å². The first-order valence-electron chi connectivity index (χ1n) is 9.34. The Kier molecular flexibility index (Phi) is 10.7. The fraction of sp³-hybridized carbons (Fsp3) is 0.579. The SMILES string of the molecule is CCCCCCCCCCCC(=O)N/N=C/c1cc([N+](=O)[O-])ccc1O. The van der Waals surface area contributed by atoms with Gasteiger partial charge in [-0.15, -0.1) is 0 Å². The Bertz CT molecular complexity index is 602. The number of nitro benzene ring substituents is 1. The average Bonchev–Trinajstić information content (AvgIpc) is 2.61. The van der Waals surface area contributed by atoms with E-state index in [4.69, 9.17) is 0 Å². The maximum atomic E-state index is 11.7. The minimum atomic E-state index is -0.556. The first-order valence-corrected chi connectivity index (χ1v) is 9.34. The van der Waals surface area contributed by atoms with Crippen molar-refractivity contribution in [2.24, 2.45) is 5.10 Å². The molecule has 0 aliphatic heterocycles. The Morgan fingerprint density at radius 3 is 2.38 bits per heavy atom. The molecule has 1 amide bonds. The number of non-ortho nitro benzene ring substituents is 1. The summed E-state index contributed by atoms with van der Waals surface area (Å²) in [5, 5.41) is 24.1. The molecule has 1 aromatic carbocycles. The minimum Gasteiger partial charge on any atom is -0.507 e. The highest BCUT2D eigenvalue weighted by atomic mass is 16.6. The number of carbonyl (C=O) groups excluding carboxylic acids is 1. The zero-order chi connectivity index (χ0) is 19.2. The fourth-order valence-electron chi connectivity index (χ4n) is 2.58. The lowest BCUT2D eigenvalue weighted by molar-refractivity contribution is -0.384. The van der Waals surface area contributed by atoms with Gasteiger partial charge in [0.2, 0.25) is 5.91 Å². The van der Waals surface area contributed by atoms with E-state index in [1.807, 2.05) is 0 Å². The molecule has 0 heterocycles. The highest BCUT2D eigenvalue weighted by Crippen LogP contribution is 2.21. The predicted molar refractivity (Wildman–Crippen MR) is 102 cm³/mol. The van der Waals surface area contributed by atoms with Gasteiger partial charge in [0, 0.05) is 24.1 Å². The second-order valence-corrected chi connectivity index (χ2v) is 6.37. The summed E-state index contributed by atoms with van der Waals surface area (Å²) in [5.74, 6) is -0.332. The number of hydrogen-bond donors (Lipinski definition) is 2. The van der Waals surface area contributed by atoms with Crippen molar-refractivity contribution < 1.29 is 14.8 Å². The third-order valence-electron chi connectivity index (χ3n) is 4.12. The lowest BCUT2D eigenvalue weighted by Crippen LogP contribution is -2.16. The van der Waals surface area contributed by atoms with Gasteiger partial charge in [-0.1, -0.05) is 58.3 Å². The molecule has 0 aliphatic rings. The molecule has 0 radical (unpaired) electrons. The number of nitro groups is 1. The summed E-state index contributed by atoms with van der Waals surface area (Å²) in [6.07, 6.45) is 12.3. The van der Waals surface area contributed by atoms with Crippen LogP contribution in [0.3, 0.4) is 0 Å². The van der Waals surface area contributed by atoms with Crippen molar-refractivity contribution in [1.29, 1.82) is 0 Å². The molecule has 0 bridgehead atoms. The van der Waals surface area contributed by atoms with Gasteiger partial charge in [-0.25, -0.2) is 5.43 Å². The molecular formula is C19H29N3O4. The number of hydrogen-bond acceptors (Lipinski definition) is 5. The Labute approximate surface area is 154 Å². The zero-order valence-electron chi connectivity index (χ0n) is 15.4. The van der Waals surface area contributed by atoms with Crippen molar-refractivity contribution in [2.45, 2.75) is 71.1 Å². The Morgan fingerprint density at radius 2 is 1.77 bits per heavy atom. The normalized spacial score (nSPS) is 11.0. The number of amides is 1. The van der Waals surface area contributed by atoms with E-state index < -0.39 is 4.92 Å². The van der Waals surface area contributed by atoms with Crippen molar-refractivity contribution in [1.82, 2.24) is 5.43 Å². The summed E-state index contributed by atoms with van der Waals surface area (Å²) in [4.78, 5) is 21.9. The molecule has 2 N–H and O–H groups in total. The fourth-order valence-corrected chi connectivity index (χ4v) is 2.58. The standard InChI is InChI=1S/C19H29N3O4/c1-2-3-4-5-6-7-8-9-10-11-19(24)21-20-15-16-14-17(22(25)26)12-13-18(16)23/h12-15,23H,2-11H2,1H3,(H,21,24)/b20-15+. The van der Waals surface area contributed by atoms with Crippen molar-refractivity contribution in [3.63, 3.8) is 0 Å². The van der Waals surface area contributed by atoms with Gasteiger partial charge >= 0.3 is 0 Å². The van der Waals surface area contributed by atoms with Crippen LogP contribution in [0.5, 0.6) is 5.75 Å². The Morgan fingerprint density at radius 1 is 1.15 bits per heavy atom. The molecule has 7 nitrogen and oxygen atoms in total. The van der Waals surface area contributed by atoms with Crippen LogP contribution in [0.1, 0.15) is 76.7 Å². The second-order valence-electron chi connectivity index (χ2n) is 6.37. The van der Waals surface area contributed by atoms with Gasteiger partial charge in [0.15, 0.2) is 0 Å². The number of carbonyl (C=O) groups is 1. The number of benzene rings is 1. The molecule has 0 unspecified atom stereocenters. The smallest absolute Gasteiger partial charge is 0.270 e. The van der Waals surface area contributed by atoms with Gasteiger partial charge < -0.3 is 5.11 Å². The van der Waals surface area contributed by atoms with Crippen LogP contribution in [-0.2, 0) is 4.79 Å². The summed E-state index contributed by atoms with van der Waals surface area (Å²) in [7, 11) is 0. The molecule has 1 aromatic rings. The molecule has 0 aliphatic carbocycles. The maximum absolute atomic E-state index is 11.7. The molecule has 26 heavy (non-hydrogen) atoms. The molecule has 1 rings (SSSR count). The topological polar surface area (TPSA) is 105 Å². The van der Waals surface area contributed by atoms with E-state index in [0.29, 0.717) is 6.42 Å². The number of phenols is 1. The van der Waals surface area contributed by atoms with Gasteiger partial charge in [-0.3, -0.25) is 14.9 Å². The lowest BCUT2D eigenvalue weighted by atomic mass is 10.1. The summed E-state index contributed by atoms with van der Waals surface area (Å²) < 4.78 is 0. The summed E-state index contributed by atoms with van der Waals surface area (Å²) in [5.41, 5.74) is 2.42. The zero-order valence-corrected chi connectivity index (χ0v) is 15.4. The third-order valence-corrected chi connectivity index (χ3v) is 4.12. The number of hydrazone groups is 1. The van der Waals surface area contributed by atoms with Gasteiger partial charge in [-0.05, 0) is 12.5 Å². The van der Waals surface area contributed by atoms with Crippen LogP contribution in [0.4, 0.5) is 5.69 Å².